The van der Waals surface area contributed by atoms with Gasteiger partial charge in [-0.2, -0.15) is 0 Å². The van der Waals surface area contributed by atoms with Crippen LogP contribution in [0.25, 0.3) is 10.8 Å². The molecule has 16 heavy (non-hydrogen) atoms. The molecule has 8 heteroatoms. The van der Waals surface area contributed by atoms with Crippen LogP contribution >= 0.6 is 0 Å². The van der Waals surface area contributed by atoms with Crippen molar-refractivity contribution in [2.75, 3.05) is 39.6 Å². The topological polar surface area (TPSA) is 138 Å². The molecular formula is C8H14N2O6-2. The van der Waals surface area contributed by atoms with Crippen LogP contribution in [-0.2, 0) is 19.1 Å². The predicted molar refractivity (Wildman–Crippen MR) is 53.9 cm³/mol. The Hall–Kier alpha value is -1.40. The lowest BCUT2D eigenvalue weighted by atomic mass is 10.7. The SMILES string of the molecule is OCCOCCOCCO.[N-]=C=O.[N-]=C=O. The van der Waals surface area contributed by atoms with E-state index in [1.165, 1.54) is 0 Å². The Morgan fingerprint density at radius 3 is 1.25 bits per heavy atom. The van der Waals surface area contributed by atoms with E-state index in [1.807, 2.05) is 0 Å². The lowest BCUT2D eigenvalue weighted by Crippen LogP contribution is -2.09. The zero-order valence-electron chi connectivity index (χ0n) is 8.66. The highest BCUT2D eigenvalue weighted by Crippen LogP contribution is 1.76. The van der Waals surface area contributed by atoms with Crippen molar-refractivity contribution in [2.24, 2.45) is 0 Å². The van der Waals surface area contributed by atoms with Gasteiger partial charge in [-0.1, -0.05) is 0 Å². The van der Waals surface area contributed by atoms with Crippen molar-refractivity contribution in [1.82, 2.24) is 0 Å². The second kappa shape index (κ2) is 29.2. The molecule has 0 saturated heterocycles. The largest absolute Gasteiger partial charge is 0.724 e. The molecule has 0 saturated carbocycles. The van der Waals surface area contributed by atoms with Crippen molar-refractivity contribution in [3.63, 3.8) is 0 Å². The lowest BCUT2D eigenvalue weighted by molar-refractivity contribution is 0.0222. The Bertz CT molecular complexity index is 155. The van der Waals surface area contributed by atoms with Gasteiger partial charge in [0.2, 0.25) is 0 Å². The zero-order valence-corrected chi connectivity index (χ0v) is 8.66. The van der Waals surface area contributed by atoms with Gasteiger partial charge in [0.05, 0.1) is 39.6 Å². The first-order valence-corrected chi connectivity index (χ1v) is 4.14. The number of hydrogen-bond donors (Lipinski definition) is 2. The molecule has 0 aromatic heterocycles. The van der Waals surface area contributed by atoms with E-state index in [0.717, 1.165) is 0 Å². The quantitative estimate of drug-likeness (QED) is 0.322. The van der Waals surface area contributed by atoms with E-state index >= 15 is 0 Å². The van der Waals surface area contributed by atoms with Gasteiger partial charge in [0.15, 0.2) is 0 Å². The summed E-state index contributed by atoms with van der Waals surface area (Å²) >= 11 is 0. The van der Waals surface area contributed by atoms with Crippen LogP contribution in [0.2, 0.25) is 0 Å². The Kier molecular flexibility index (Phi) is 36.6. The maximum absolute atomic E-state index is 8.26. The van der Waals surface area contributed by atoms with Crippen molar-refractivity contribution in [2.45, 2.75) is 0 Å². The summed E-state index contributed by atoms with van der Waals surface area (Å²) in [7, 11) is 0. The second-order valence-electron chi connectivity index (χ2n) is 1.85. The molecule has 0 amide bonds. The number of carbonyl (C=O) groups excluding carboxylic acids is 2. The molecule has 0 atom stereocenters. The summed E-state index contributed by atoms with van der Waals surface area (Å²) < 4.78 is 9.75. The van der Waals surface area contributed by atoms with Gasteiger partial charge in [0.1, 0.15) is 0 Å². The summed E-state index contributed by atoms with van der Waals surface area (Å²) in [4.78, 5) is 16.5. The molecule has 8 nitrogen and oxygen atoms in total. The van der Waals surface area contributed by atoms with Crippen molar-refractivity contribution in [3.8, 4) is 0 Å². The van der Waals surface area contributed by atoms with Gasteiger partial charge in [0.25, 0.3) is 0 Å². The van der Waals surface area contributed by atoms with Gasteiger partial charge < -0.3 is 30.5 Å². The maximum Gasteiger partial charge on any atom is 0.0701 e. The minimum atomic E-state index is 0.0417. The molecule has 0 aromatic carbocycles. The van der Waals surface area contributed by atoms with Crippen molar-refractivity contribution >= 4 is 12.2 Å². The van der Waals surface area contributed by atoms with E-state index < -0.39 is 0 Å². The predicted octanol–water partition coefficient (Wildman–Crippen LogP) is -1.21. The minimum absolute atomic E-state index is 0.0417. The van der Waals surface area contributed by atoms with E-state index in [-0.39, 0.29) is 13.2 Å². The average molecular weight is 234 g/mol. The van der Waals surface area contributed by atoms with Gasteiger partial charge in [-0.15, -0.1) is 0 Å². The molecule has 0 aromatic rings. The molecule has 0 radical (unpaired) electrons. The van der Waals surface area contributed by atoms with Gasteiger partial charge >= 0.3 is 0 Å². The van der Waals surface area contributed by atoms with Crippen molar-refractivity contribution in [3.05, 3.63) is 10.8 Å². The van der Waals surface area contributed by atoms with Crippen molar-refractivity contribution < 1.29 is 29.3 Å². The Labute approximate surface area is 92.8 Å². The molecule has 2 N–H and O–H groups in total. The van der Waals surface area contributed by atoms with E-state index in [4.69, 9.17) is 40.1 Å². The summed E-state index contributed by atoms with van der Waals surface area (Å²) in [5.74, 6) is 0. The van der Waals surface area contributed by atoms with Gasteiger partial charge in [-0.25, -0.2) is 0 Å². The second-order valence-corrected chi connectivity index (χ2v) is 1.85. The molecule has 0 aliphatic heterocycles. The van der Waals surface area contributed by atoms with E-state index in [1.54, 1.807) is 0 Å². The fourth-order valence-corrected chi connectivity index (χ4v) is 0.451. The van der Waals surface area contributed by atoms with Crippen LogP contribution in [-0.4, -0.2) is 62.0 Å². The molecule has 0 spiro atoms. The van der Waals surface area contributed by atoms with Crippen LogP contribution in [0, 0.1) is 0 Å². The highest BCUT2D eigenvalue weighted by atomic mass is 16.5. The third-order valence-corrected chi connectivity index (χ3v) is 0.843. The first kappa shape index (κ1) is 20.1. The number of hydrogen-bond acceptors (Lipinski definition) is 6. The maximum atomic E-state index is 8.26. The van der Waals surface area contributed by atoms with Crippen LogP contribution < -0.4 is 0 Å². The normalized spacial score (nSPS) is 7.38. The molecule has 0 unspecified atom stereocenters. The van der Waals surface area contributed by atoms with Gasteiger partial charge in [-0.05, 0) is 12.2 Å². The van der Waals surface area contributed by atoms with E-state index in [9.17, 15) is 0 Å². The average Bonchev–Trinajstić information content (AvgIpc) is 2.26. The third-order valence-electron chi connectivity index (χ3n) is 0.843. The molecule has 0 heterocycles. The summed E-state index contributed by atoms with van der Waals surface area (Å²) in [5.41, 5.74) is 0. The van der Waals surface area contributed by atoms with Crippen LogP contribution in [0.4, 0.5) is 0 Å². The summed E-state index contributed by atoms with van der Waals surface area (Å²) in [5, 5.41) is 30.1. The highest BCUT2D eigenvalue weighted by molar-refractivity contribution is 5.37. The first-order chi connectivity index (χ1) is 7.74. The van der Waals surface area contributed by atoms with Crippen LogP contribution in [0.3, 0.4) is 0 Å². The summed E-state index contributed by atoms with van der Waals surface area (Å²) in [6, 6.07) is 0. The summed E-state index contributed by atoms with van der Waals surface area (Å²) in [6.45, 7) is 1.73. The van der Waals surface area contributed by atoms with Crippen LogP contribution in [0.5, 0.6) is 0 Å². The lowest BCUT2D eigenvalue weighted by Gasteiger charge is -2.01. The number of aliphatic hydroxyl groups is 2. The Balaban J connectivity index is -0.000000235. The molecule has 94 valence electrons. The number of ether oxygens (including phenoxy) is 2. The van der Waals surface area contributed by atoms with Gasteiger partial charge in [-0.3, -0.25) is 9.59 Å². The third kappa shape index (κ3) is 54.1. The molecule has 0 aliphatic rings. The molecule has 0 rings (SSSR count). The van der Waals surface area contributed by atoms with E-state index in [0.29, 0.717) is 38.6 Å². The monoisotopic (exact) mass is 234 g/mol. The highest BCUT2D eigenvalue weighted by Gasteiger charge is 1.86. The Morgan fingerprint density at radius 2 is 1.06 bits per heavy atom. The van der Waals surface area contributed by atoms with Gasteiger partial charge in [0, 0.05) is 0 Å². The molecule has 0 bridgehead atoms. The summed E-state index contributed by atoms with van der Waals surface area (Å²) in [6.07, 6.45) is 1.00. The fraction of sp³-hybridized carbons (Fsp3) is 0.750. The number of nitrogens with zero attached hydrogens (tertiary/aromatic N) is 2. The number of rotatable bonds is 7. The standard InChI is InChI=1S/C6H14O4.2CNO/c7-1-3-9-5-6-10-4-2-8;2*2-1-3/h7-8H,1-6H2;;/q;2*-1. The van der Waals surface area contributed by atoms with Crippen LogP contribution in [0.1, 0.15) is 0 Å². The molecule has 0 fully saturated rings. The van der Waals surface area contributed by atoms with Crippen LogP contribution in [0.15, 0.2) is 0 Å². The zero-order chi connectivity index (χ0) is 13.1. The smallest absolute Gasteiger partial charge is 0.0701 e. The molecule has 0 aliphatic carbocycles. The fourth-order valence-electron chi connectivity index (χ4n) is 0.451. The van der Waals surface area contributed by atoms with Crippen molar-refractivity contribution in [1.29, 1.82) is 0 Å². The number of aliphatic hydroxyl groups excluding tert-OH is 2. The minimum Gasteiger partial charge on any atom is -0.724 e. The first-order valence-electron chi connectivity index (χ1n) is 4.14. The van der Waals surface area contributed by atoms with E-state index in [2.05, 4.69) is 0 Å². The number of isocyanates is 2. The molecular weight excluding hydrogens is 220 g/mol. The Morgan fingerprint density at radius 1 is 0.812 bits per heavy atom.